The lowest BCUT2D eigenvalue weighted by atomic mass is 9.85. The smallest absolute Gasteiger partial charge is 0.425 e. The van der Waals surface area contributed by atoms with Crippen molar-refractivity contribution in [3.05, 3.63) is 24.3 Å². The maximum atomic E-state index is 12.8. The van der Waals surface area contributed by atoms with Gasteiger partial charge in [-0.1, -0.05) is 0 Å². The maximum absolute atomic E-state index is 12.8. The number of hydrogen-bond donors (Lipinski definition) is 0. The molecule has 0 aromatic carbocycles. The minimum Gasteiger partial charge on any atom is -0.437 e. The van der Waals surface area contributed by atoms with Crippen molar-refractivity contribution in [2.75, 3.05) is 19.6 Å². The van der Waals surface area contributed by atoms with Crippen LogP contribution in [0.15, 0.2) is 18.5 Å². The first-order chi connectivity index (χ1) is 13.2. The molecule has 0 radical (unpaired) electrons. The van der Waals surface area contributed by atoms with Gasteiger partial charge in [-0.2, -0.15) is 13.2 Å². The van der Waals surface area contributed by atoms with Crippen molar-refractivity contribution >= 4 is 12.0 Å². The van der Waals surface area contributed by atoms with Crippen molar-refractivity contribution in [1.82, 2.24) is 19.8 Å². The number of likely N-dealkylation sites (tertiary alicyclic amines) is 2. The van der Waals surface area contributed by atoms with Crippen LogP contribution in [0.3, 0.4) is 0 Å². The average Bonchev–Trinajstić information content (AvgIpc) is 3.05. The summed E-state index contributed by atoms with van der Waals surface area (Å²) in [6.45, 7) is 1.96. The lowest BCUT2D eigenvalue weighted by molar-refractivity contribution is -0.200. The summed E-state index contributed by atoms with van der Waals surface area (Å²) in [5.41, 5.74) is -0.363. The highest BCUT2D eigenvalue weighted by atomic mass is 19.4. The number of rotatable bonds is 3. The topological polar surface area (TPSA) is 75.6 Å². The average molecular weight is 400 g/mol. The molecule has 0 N–H and O–H groups in total. The Bertz CT molecular complexity index is 706. The molecule has 1 unspecified atom stereocenters. The van der Waals surface area contributed by atoms with Crippen molar-refractivity contribution in [2.24, 2.45) is 0 Å². The monoisotopic (exact) mass is 400 g/mol. The fourth-order valence-corrected chi connectivity index (χ4v) is 3.90. The van der Waals surface area contributed by atoms with Crippen LogP contribution in [0.25, 0.3) is 0 Å². The Labute approximate surface area is 160 Å². The van der Waals surface area contributed by atoms with Gasteiger partial charge in [0.25, 0.3) is 0 Å². The maximum Gasteiger partial charge on any atom is 0.425 e. The highest BCUT2D eigenvalue weighted by molar-refractivity contribution is 5.79. The number of alkyl halides is 3. The van der Waals surface area contributed by atoms with Crippen LogP contribution in [0.1, 0.15) is 38.4 Å². The van der Waals surface area contributed by atoms with Gasteiger partial charge in [0, 0.05) is 37.6 Å². The Kier molecular flexibility index (Phi) is 5.76. The molecular formula is C18H23F3N4O3. The van der Waals surface area contributed by atoms with E-state index in [1.807, 2.05) is 4.90 Å². The second kappa shape index (κ2) is 7.92. The van der Waals surface area contributed by atoms with Crippen LogP contribution in [0.5, 0.6) is 0 Å². The zero-order valence-corrected chi connectivity index (χ0v) is 15.6. The molecule has 0 aliphatic carbocycles. The quantitative estimate of drug-likeness (QED) is 0.780. The number of aromatic nitrogens is 2. The summed E-state index contributed by atoms with van der Waals surface area (Å²) in [5, 5.41) is 0. The van der Waals surface area contributed by atoms with Gasteiger partial charge in [0.15, 0.2) is 6.10 Å². The minimum absolute atomic E-state index is 0.0644. The molecule has 3 heterocycles. The van der Waals surface area contributed by atoms with E-state index in [9.17, 15) is 22.8 Å². The van der Waals surface area contributed by atoms with Crippen molar-refractivity contribution in [3.8, 4) is 0 Å². The van der Waals surface area contributed by atoms with Gasteiger partial charge in [0.05, 0.1) is 6.42 Å². The van der Waals surface area contributed by atoms with E-state index in [1.54, 1.807) is 18.5 Å². The molecule has 2 amide bonds. The SMILES string of the molecule is CC(OC(=O)N1CCC2(CCCN2C(=O)Cc2ncccn2)CC1)C(F)(F)F. The van der Waals surface area contributed by atoms with E-state index in [0.717, 1.165) is 19.8 Å². The molecule has 0 bridgehead atoms. The number of amides is 2. The molecule has 2 fully saturated rings. The number of piperidine rings is 1. The largest absolute Gasteiger partial charge is 0.437 e. The third-order valence-corrected chi connectivity index (χ3v) is 5.52. The Morgan fingerprint density at radius 1 is 1.18 bits per heavy atom. The van der Waals surface area contributed by atoms with Crippen molar-refractivity contribution in [2.45, 2.75) is 56.8 Å². The summed E-state index contributed by atoms with van der Waals surface area (Å²) in [6, 6.07) is 1.68. The molecule has 7 nitrogen and oxygen atoms in total. The second-order valence-electron chi connectivity index (χ2n) is 7.27. The molecule has 2 saturated heterocycles. The predicted molar refractivity (Wildman–Crippen MR) is 92.2 cm³/mol. The van der Waals surface area contributed by atoms with Gasteiger partial charge >= 0.3 is 12.3 Å². The Morgan fingerprint density at radius 3 is 2.43 bits per heavy atom. The lowest BCUT2D eigenvalue weighted by Crippen LogP contribution is -2.55. The summed E-state index contributed by atoms with van der Waals surface area (Å²) in [5.74, 6) is 0.391. The number of carbonyl (C=O) groups excluding carboxylic acids is 2. The molecule has 28 heavy (non-hydrogen) atoms. The number of carbonyl (C=O) groups is 2. The standard InChI is InChI=1S/C18H23F3N4O3/c1-13(18(19,20)21)28-16(27)24-10-5-17(6-11-24)4-2-9-25(17)15(26)12-14-22-7-3-8-23-14/h3,7-8,13H,2,4-6,9-12H2,1H3. The number of hydrogen-bond acceptors (Lipinski definition) is 5. The van der Waals surface area contributed by atoms with E-state index < -0.39 is 18.4 Å². The highest BCUT2D eigenvalue weighted by Gasteiger charge is 2.47. The fourth-order valence-electron chi connectivity index (χ4n) is 3.90. The molecule has 0 saturated carbocycles. The minimum atomic E-state index is -4.58. The first kappa shape index (κ1) is 20.3. The highest BCUT2D eigenvalue weighted by Crippen LogP contribution is 2.39. The molecule has 1 aromatic rings. The Hall–Kier alpha value is -2.39. The van der Waals surface area contributed by atoms with Gasteiger partial charge in [-0.15, -0.1) is 0 Å². The van der Waals surface area contributed by atoms with E-state index in [-0.39, 0.29) is 31.0 Å². The van der Waals surface area contributed by atoms with Crippen LogP contribution < -0.4 is 0 Å². The summed E-state index contributed by atoms with van der Waals surface area (Å²) in [6.07, 6.45) is -1.71. The molecule has 1 aromatic heterocycles. The van der Waals surface area contributed by atoms with E-state index >= 15 is 0 Å². The summed E-state index contributed by atoms with van der Waals surface area (Å²) in [7, 11) is 0. The van der Waals surface area contributed by atoms with Gasteiger partial charge in [0.2, 0.25) is 5.91 Å². The van der Waals surface area contributed by atoms with E-state index in [2.05, 4.69) is 14.7 Å². The Morgan fingerprint density at radius 2 is 1.82 bits per heavy atom. The van der Waals surface area contributed by atoms with Crippen LogP contribution in [0.2, 0.25) is 0 Å². The number of halogens is 3. The molecule has 1 atom stereocenters. The molecule has 154 valence electrons. The van der Waals surface area contributed by atoms with Crippen LogP contribution >= 0.6 is 0 Å². The van der Waals surface area contributed by atoms with Gasteiger partial charge in [-0.05, 0) is 38.7 Å². The molecule has 1 spiro atoms. The molecule has 2 aliphatic rings. The molecular weight excluding hydrogens is 377 g/mol. The Balaban J connectivity index is 1.58. The van der Waals surface area contributed by atoms with Crippen LogP contribution in [-0.2, 0) is 16.0 Å². The van der Waals surface area contributed by atoms with Crippen molar-refractivity contribution < 1.29 is 27.5 Å². The summed E-state index contributed by atoms with van der Waals surface area (Å²) >= 11 is 0. The number of nitrogens with zero attached hydrogens (tertiary/aromatic N) is 4. The summed E-state index contributed by atoms with van der Waals surface area (Å²) < 4.78 is 42.3. The fraction of sp³-hybridized carbons (Fsp3) is 0.667. The molecule has 3 rings (SSSR count). The van der Waals surface area contributed by atoms with Gasteiger partial charge < -0.3 is 14.5 Å². The summed E-state index contributed by atoms with van der Waals surface area (Å²) in [4.78, 5) is 36.1. The van der Waals surface area contributed by atoms with E-state index in [0.29, 0.717) is 25.2 Å². The first-order valence-corrected chi connectivity index (χ1v) is 9.30. The first-order valence-electron chi connectivity index (χ1n) is 9.30. The van der Waals surface area contributed by atoms with Gasteiger partial charge in [0.1, 0.15) is 5.82 Å². The predicted octanol–water partition coefficient (Wildman–Crippen LogP) is 2.56. The van der Waals surface area contributed by atoms with Crippen LogP contribution in [0, 0.1) is 0 Å². The zero-order chi connectivity index (χ0) is 20.4. The van der Waals surface area contributed by atoms with Crippen molar-refractivity contribution in [3.63, 3.8) is 0 Å². The van der Waals surface area contributed by atoms with Crippen LogP contribution in [-0.4, -0.2) is 69.2 Å². The molecule has 2 aliphatic heterocycles. The third kappa shape index (κ3) is 4.36. The lowest BCUT2D eigenvalue weighted by Gasteiger charge is -2.44. The third-order valence-electron chi connectivity index (χ3n) is 5.52. The normalized spacial score (nSPS) is 20.3. The number of ether oxygens (including phenoxy) is 1. The van der Waals surface area contributed by atoms with E-state index in [1.165, 1.54) is 4.90 Å². The molecule has 10 heteroatoms. The van der Waals surface area contributed by atoms with E-state index in [4.69, 9.17) is 0 Å². The van der Waals surface area contributed by atoms with Crippen molar-refractivity contribution in [1.29, 1.82) is 0 Å². The second-order valence-corrected chi connectivity index (χ2v) is 7.27. The van der Waals surface area contributed by atoms with Crippen LogP contribution in [0.4, 0.5) is 18.0 Å². The van der Waals surface area contributed by atoms with Gasteiger partial charge in [-0.3, -0.25) is 4.79 Å². The zero-order valence-electron chi connectivity index (χ0n) is 15.6. The van der Waals surface area contributed by atoms with Gasteiger partial charge in [-0.25, -0.2) is 14.8 Å².